The average Bonchev–Trinajstić information content (AvgIpc) is 2.70. The highest BCUT2D eigenvalue weighted by atomic mass is 28.3. The lowest BCUT2D eigenvalue weighted by atomic mass is 10.1. The van der Waals surface area contributed by atoms with Gasteiger partial charge < -0.3 is 9.72 Å². The number of fused-ring (bicyclic) bond motifs is 1. The minimum Gasteiger partial charge on any atom is -0.376 e. The number of hydrogen-bond donors (Lipinski definition) is 1. The zero-order valence-corrected chi connectivity index (χ0v) is 13.6. The van der Waals surface area contributed by atoms with Crippen molar-refractivity contribution < 1.29 is 4.74 Å². The van der Waals surface area contributed by atoms with Crippen LogP contribution in [0, 0.1) is 0 Å². The summed E-state index contributed by atoms with van der Waals surface area (Å²) in [6, 6.07) is 8.49. The second kappa shape index (κ2) is 5.51. The molecule has 0 bridgehead atoms. The second-order valence-corrected chi connectivity index (χ2v) is 9.16. The van der Waals surface area contributed by atoms with Gasteiger partial charge in [-0.2, -0.15) is 0 Å². The van der Waals surface area contributed by atoms with Gasteiger partial charge in [0.15, 0.2) is 0 Å². The zero-order valence-electron chi connectivity index (χ0n) is 12.6. The SMILES string of the molecule is C[Si](C)C(Cc1c[nH]c2ccccc12)OC(C)(C)C. The van der Waals surface area contributed by atoms with E-state index in [2.05, 4.69) is 69.3 Å². The Kier molecular flexibility index (Phi) is 4.16. The number of aromatic amines is 1. The normalized spacial score (nSPS) is 14.2. The minimum atomic E-state index is -0.486. The van der Waals surface area contributed by atoms with Crippen molar-refractivity contribution in [1.29, 1.82) is 0 Å². The number of hydrogen-bond acceptors (Lipinski definition) is 1. The first-order chi connectivity index (χ1) is 8.87. The Morgan fingerprint density at radius 2 is 1.89 bits per heavy atom. The van der Waals surface area contributed by atoms with Gasteiger partial charge in [0.25, 0.3) is 0 Å². The topological polar surface area (TPSA) is 25.0 Å². The average molecular weight is 274 g/mol. The van der Waals surface area contributed by atoms with E-state index in [1.807, 2.05) is 0 Å². The smallest absolute Gasteiger partial charge is 0.0788 e. The maximum atomic E-state index is 6.25. The van der Waals surface area contributed by atoms with Crippen LogP contribution in [0.1, 0.15) is 26.3 Å². The summed E-state index contributed by atoms with van der Waals surface area (Å²) in [5.74, 6) is 0. The molecule has 0 aliphatic carbocycles. The van der Waals surface area contributed by atoms with Gasteiger partial charge in [-0.3, -0.25) is 0 Å². The molecule has 2 aromatic rings. The predicted molar refractivity (Wildman–Crippen MR) is 84.1 cm³/mol. The highest BCUT2D eigenvalue weighted by molar-refractivity contribution is 6.57. The third-order valence-corrected chi connectivity index (χ3v) is 4.83. The number of para-hydroxylation sites is 1. The van der Waals surface area contributed by atoms with Gasteiger partial charge >= 0.3 is 0 Å². The van der Waals surface area contributed by atoms with Crippen LogP contribution in [-0.4, -0.2) is 25.1 Å². The summed E-state index contributed by atoms with van der Waals surface area (Å²) in [5, 5.41) is 1.33. The van der Waals surface area contributed by atoms with E-state index < -0.39 is 8.80 Å². The molecule has 2 nitrogen and oxygen atoms in total. The van der Waals surface area contributed by atoms with Gasteiger partial charge in [0.2, 0.25) is 0 Å². The van der Waals surface area contributed by atoms with E-state index in [9.17, 15) is 0 Å². The second-order valence-electron chi connectivity index (χ2n) is 6.36. The maximum Gasteiger partial charge on any atom is 0.0788 e. The Labute approximate surface area is 117 Å². The third kappa shape index (κ3) is 3.70. The summed E-state index contributed by atoms with van der Waals surface area (Å²) >= 11 is 0. The van der Waals surface area contributed by atoms with Crippen LogP contribution >= 0.6 is 0 Å². The maximum absolute atomic E-state index is 6.25. The van der Waals surface area contributed by atoms with E-state index in [-0.39, 0.29) is 5.60 Å². The lowest BCUT2D eigenvalue weighted by Crippen LogP contribution is -2.37. The summed E-state index contributed by atoms with van der Waals surface area (Å²) in [6.07, 6.45) is 3.14. The molecule has 1 aromatic heterocycles. The van der Waals surface area contributed by atoms with Crippen LogP contribution in [0.4, 0.5) is 0 Å². The Bertz CT molecular complexity index is 539. The van der Waals surface area contributed by atoms with Gasteiger partial charge in [-0.05, 0) is 38.8 Å². The van der Waals surface area contributed by atoms with Crippen molar-refractivity contribution in [2.24, 2.45) is 0 Å². The Morgan fingerprint density at radius 3 is 2.53 bits per heavy atom. The summed E-state index contributed by atoms with van der Waals surface area (Å²) in [4.78, 5) is 3.35. The van der Waals surface area contributed by atoms with Crippen molar-refractivity contribution in [1.82, 2.24) is 4.98 Å². The molecule has 0 aliphatic rings. The van der Waals surface area contributed by atoms with Crippen LogP contribution in [0.5, 0.6) is 0 Å². The van der Waals surface area contributed by atoms with Gasteiger partial charge in [-0.1, -0.05) is 31.3 Å². The summed E-state index contributed by atoms with van der Waals surface area (Å²) in [5.41, 5.74) is 2.87. The van der Waals surface area contributed by atoms with Gasteiger partial charge in [0, 0.05) is 17.1 Å². The molecule has 1 unspecified atom stereocenters. The molecule has 0 saturated heterocycles. The molecular formula is C16H24NOSi. The molecule has 103 valence electrons. The molecule has 19 heavy (non-hydrogen) atoms. The molecule has 0 saturated carbocycles. The molecule has 0 amide bonds. The highest BCUT2D eigenvalue weighted by Gasteiger charge is 2.23. The Hall–Kier alpha value is -1.06. The van der Waals surface area contributed by atoms with Gasteiger partial charge in [0.1, 0.15) is 0 Å². The van der Waals surface area contributed by atoms with Crippen molar-refractivity contribution >= 4 is 19.7 Å². The molecule has 0 fully saturated rings. The zero-order chi connectivity index (χ0) is 14.0. The number of ether oxygens (including phenoxy) is 1. The molecule has 1 radical (unpaired) electrons. The van der Waals surface area contributed by atoms with E-state index >= 15 is 0 Å². The van der Waals surface area contributed by atoms with Crippen LogP contribution in [0.25, 0.3) is 10.9 Å². The summed E-state index contributed by atoms with van der Waals surface area (Å²) in [7, 11) is -0.486. The monoisotopic (exact) mass is 274 g/mol. The molecule has 1 aromatic carbocycles. The van der Waals surface area contributed by atoms with E-state index in [4.69, 9.17) is 4.74 Å². The molecular weight excluding hydrogens is 250 g/mol. The van der Waals surface area contributed by atoms with Crippen LogP contribution in [0.2, 0.25) is 13.1 Å². The quantitative estimate of drug-likeness (QED) is 0.831. The van der Waals surface area contributed by atoms with Crippen molar-refractivity contribution in [3.8, 4) is 0 Å². The molecule has 1 N–H and O–H groups in total. The molecule has 0 aliphatic heterocycles. The van der Waals surface area contributed by atoms with E-state index in [0.29, 0.717) is 5.73 Å². The lowest BCUT2D eigenvalue weighted by Gasteiger charge is -2.29. The Balaban J connectivity index is 2.22. The molecule has 2 rings (SSSR count). The minimum absolute atomic E-state index is 0.0707. The molecule has 0 spiro atoms. The standard InChI is InChI=1S/C16H24NOSi/c1-16(2,3)18-15(19(4)5)10-12-11-17-14-9-7-6-8-13(12)14/h6-9,11,15,17H,10H2,1-5H3. The number of H-pyrrole nitrogens is 1. The molecule has 3 heteroatoms. The molecule has 1 atom stereocenters. The predicted octanol–water partition coefficient (Wildman–Crippen LogP) is 4.19. The largest absolute Gasteiger partial charge is 0.376 e. The van der Waals surface area contributed by atoms with Gasteiger partial charge in [0.05, 0.1) is 20.1 Å². The first kappa shape index (κ1) is 14.3. The van der Waals surface area contributed by atoms with Gasteiger partial charge in [-0.25, -0.2) is 0 Å². The van der Waals surface area contributed by atoms with Crippen molar-refractivity contribution in [3.05, 3.63) is 36.0 Å². The van der Waals surface area contributed by atoms with E-state index in [1.165, 1.54) is 16.5 Å². The van der Waals surface area contributed by atoms with Crippen molar-refractivity contribution in [2.75, 3.05) is 0 Å². The van der Waals surface area contributed by atoms with Crippen LogP contribution in [-0.2, 0) is 11.2 Å². The number of aromatic nitrogens is 1. The first-order valence-electron chi connectivity index (χ1n) is 6.90. The fraction of sp³-hybridized carbons (Fsp3) is 0.500. The third-order valence-electron chi connectivity index (χ3n) is 3.22. The first-order valence-corrected chi connectivity index (χ1v) is 9.47. The van der Waals surface area contributed by atoms with Gasteiger partial charge in [-0.15, -0.1) is 0 Å². The number of rotatable bonds is 4. The fourth-order valence-electron chi connectivity index (χ4n) is 2.29. The van der Waals surface area contributed by atoms with Crippen molar-refractivity contribution in [3.63, 3.8) is 0 Å². The fourth-order valence-corrected chi connectivity index (χ4v) is 3.51. The van der Waals surface area contributed by atoms with Crippen LogP contribution < -0.4 is 0 Å². The van der Waals surface area contributed by atoms with Crippen molar-refractivity contribution in [2.45, 2.75) is 51.6 Å². The lowest BCUT2D eigenvalue weighted by molar-refractivity contribution is -0.0253. The summed E-state index contributed by atoms with van der Waals surface area (Å²) in [6.45, 7) is 11.1. The van der Waals surface area contributed by atoms with E-state index in [1.54, 1.807) is 0 Å². The highest BCUT2D eigenvalue weighted by Crippen LogP contribution is 2.22. The Morgan fingerprint density at radius 1 is 1.21 bits per heavy atom. The molecule has 1 heterocycles. The van der Waals surface area contributed by atoms with E-state index in [0.717, 1.165) is 6.42 Å². The number of nitrogens with one attached hydrogen (secondary N) is 1. The summed E-state index contributed by atoms with van der Waals surface area (Å²) < 4.78 is 6.25. The number of benzene rings is 1. The van der Waals surface area contributed by atoms with Crippen LogP contribution in [0.15, 0.2) is 30.5 Å². The van der Waals surface area contributed by atoms with Crippen LogP contribution in [0.3, 0.4) is 0 Å².